The monoisotopic (exact) mass is 340 g/mol. The van der Waals surface area contributed by atoms with E-state index in [0.29, 0.717) is 5.41 Å². The summed E-state index contributed by atoms with van der Waals surface area (Å²) in [6.07, 6.45) is 12.8. The summed E-state index contributed by atoms with van der Waals surface area (Å²) in [5.41, 5.74) is 4.96. The standard InChI is InChI=1S/C23H32O2/c1-4-5-13-25-21-15-17(24-3)14-16-8-9-18-19(22(16)21)10-12-23(2)11-6-7-20(18)23/h10,14-15,18,20H,4-9,11-13H2,1-3H3/t18-,20+,23+/m1/s1. The number of rotatable bonds is 5. The van der Waals surface area contributed by atoms with Gasteiger partial charge in [-0.3, -0.25) is 0 Å². The zero-order valence-electron chi connectivity index (χ0n) is 16.1. The van der Waals surface area contributed by atoms with Crippen LogP contribution in [0, 0.1) is 17.3 Å². The molecule has 0 bridgehead atoms. The van der Waals surface area contributed by atoms with Crippen molar-refractivity contribution in [1.82, 2.24) is 0 Å². The fourth-order valence-electron chi connectivity index (χ4n) is 5.59. The van der Waals surface area contributed by atoms with E-state index in [2.05, 4.69) is 32.1 Å². The topological polar surface area (TPSA) is 18.5 Å². The molecule has 4 rings (SSSR count). The molecule has 0 radical (unpaired) electrons. The van der Waals surface area contributed by atoms with Crippen LogP contribution in [-0.2, 0) is 6.42 Å². The molecule has 1 saturated carbocycles. The fraction of sp³-hybridized carbons (Fsp3) is 0.652. The summed E-state index contributed by atoms with van der Waals surface area (Å²) in [7, 11) is 1.76. The molecule has 0 spiro atoms. The summed E-state index contributed by atoms with van der Waals surface area (Å²) < 4.78 is 11.8. The molecule has 0 heterocycles. The van der Waals surface area contributed by atoms with Crippen LogP contribution in [-0.4, -0.2) is 13.7 Å². The number of unbranched alkanes of at least 4 members (excludes halogenated alkanes) is 1. The van der Waals surface area contributed by atoms with E-state index in [0.717, 1.165) is 49.2 Å². The molecule has 3 aliphatic carbocycles. The van der Waals surface area contributed by atoms with Crippen LogP contribution >= 0.6 is 0 Å². The van der Waals surface area contributed by atoms with Gasteiger partial charge < -0.3 is 9.47 Å². The van der Waals surface area contributed by atoms with E-state index in [4.69, 9.17) is 9.47 Å². The summed E-state index contributed by atoms with van der Waals surface area (Å²) in [6, 6.07) is 4.35. The number of hydrogen-bond donors (Lipinski definition) is 0. The summed E-state index contributed by atoms with van der Waals surface area (Å²) in [6.45, 7) is 5.54. The Kier molecular flexibility index (Phi) is 4.56. The largest absolute Gasteiger partial charge is 0.497 e. The molecule has 1 aromatic carbocycles. The van der Waals surface area contributed by atoms with Crippen molar-refractivity contribution in [1.29, 1.82) is 0 Å². The first-order chi connectivity index (χ1) is 12.2. The van der Waals surface area contributed by atoms with E-state index in [-0.39, 0.29) is 0 Å². The van der Waals surface area contributed by atoms with Crippen molar-refractivity contribution in [2.75, 3.05) is 13.7 Å². The van der Waals surface area contributed by atoms with Gasteiger partial charge in [0.05, 0.1) is 13.7 Å². The van der Waals surface area contributed by atoms with Crippen LogP contribution < -0.4 is 9.47 Å². The highest BCUT2D eigenvalue weighted by Crippen LogP contribution is 2.59. The molecular weight excluding hydrogens is 308 g/mol. The van der Waals surface area contributed by atoms with Crippen LogP contribution in [0.2, 0.25) is 0 Å². The number of ether oxygens (including phenoxy) is 2. The van der Waals surface area contributed by atoms with Crippen LogP contribution in [0.3, 0.4) is 0 Å². The Morgan fingerprint density at radius 2 is 2.12 bits per heavy atom. The molecule has 1 fully saturated rings. The first-order valence-corrected chi connectivity index (χ1v) is 10.2. The lowest BCUT2D eigenvalue weighted by Crippen LogP contribution is -2.34. The van der Waals surface area contributed by atoms with Gasteiger partial charge in [0.1, 0.15) is 11.5 Å². The summed E-state index contributed by atoms with van der Waals surface area (Å²) in [4.78, 5) is 0. The molecule has 0 aliphatic heterocycles. The lowest BCUT2D eigenvalue weighted by Gasteiger charge is -2.44. The third-order valence-corrected chi connectivity index (χ3v) is 6.99. The van der Waals surface area contributed by atoms with Crippen LogP contribution in [0.5, 0.6) is 11.5 Å². The van der Waals surface area contributed by atoms with E-state index >= 15 is 0 Å². The fourth-order valence-corrected chi connectivity index (χ4v) is 5.59. The second kappa shape index (κ2) is 6.70. The van der Waals surface area contributed by atoms with Gasteiger partial charge in [0, 0.05) is 11.6 Å². The average Bonchev–Trinajstić information content (AvgIpc) is 3.03. The second-order valence-corrected chi connectivity index (χ2v) is 8.52. The van der Waals surface area contributed by atoms with E-state index in [9.17, 15) is 0 Å². The minimum Gasteiger partial charge on any atom is -0.497 e. The Balaban J connectivity index is 1.74. The van der Waals surface area contributed by atoms with Crippen molar-refractivity contribution in [3.8, 4) is 11.5 Å². The van der Waals surface area contributed by atoms with Crippen molar-refractivity contribution in [3.05, 3.63) is 29.3 Å². The molecule has 2 heteroatoms. The van der Waals surface area contributed by atoms with Gasteiger partial charge in [-0.2, -0.15) is 0 Å². The normalized spacial score (nSPS) is 30.1. The third-order valence-electron chi connectivity index (χ3n) is 6.99. The van der Waals surface area contributed by atoms with Gasteiger partial charge >= 0.3 is 0 Å². The number of methoxy groups -OCH3 is 1. The molecule has 1 aromatic rings. The quantitative estimate of drug-likeness (QED) is 0.609. The summed E-state index contributed by atoms with van der Waals surface area (Å²) >= 11 is 0. The highest BCUT2D eigenvalue weighted by atomic mass is 16.5. The van der Waals surface area contributed by atoms with Gasteiger partial charge in [0.15, 0.2) is 0 Å². The molecular formula is C23H32O2. The van der Waals surface area contributed by atoms with Gasteiger partial charge in [-0.15, -0.1) is 0 Å². The maximum Gasteiger partial charge on any atom is 0.130 e. The van der Waals surface area contributed by atoms with Crippen LogP contribution in [0.1, 0.15) is 69.9 Å². The number of fused-ring (bicyclic) bond motifs is 5. The smallest absolute Gasteiger partial charge is 0.130 e. The van der Waals surface area contributed by atoms with Crippen molar-refractivity contribution < 1.29 is 9.47 Å². The molecule has 2 nitrogen and oxygen atoms in total. The van der Waals surface area contributed by atoms with Crippen molar-refractivity contribution in [3.63, 3.8) is 0 Å². The molecule has 0 unspecified atom stereocenters. The summed E-state index contributed by atoms with van der Waals surface area (Å²) in [5.74, 6) is 3.59. The second-order valence-electron chi connectivity index (χ2n) is 8.52. The van der Waals surface area contributed by atoms with E-state index < -0.39 is 0 Å². The van der Waals surface area contributed by atoms with Gasteiger partial charge in [-0.1, -0.05) is 32.8 Å². The Bertz CT molecular complexity index is 675. The maximum absolute atomic E-state index is 6.25. The van der Waals surface area contributed by atoms with E-state index in [1.165, 1.54) is 43.2 Å². The zero-order chi connectivity index (χ0) is 17.4. The van der Waals surface area contributed by atoms with Crippen molar-refractivity contribution >= 4 is 5.57 Å². The van der Waals surface area contributed by atoms with E-state index in [1.807, 2.05) is 0 Å². The Labute approximate surface area is 152 Å². The SMILES string of the molecule is CCCCOc1cc(OC)cc2c1C1=CC[C@]3(C)CCC[C@H]3[C@@H]1CC2. The van der Waals surface area contributed by atoms with Crippen LogP contribution in [0.4, 0.5) is 0 Å². The Hall–Kier alpha value is -1.44. The zero-order valence-corrected chi connectivity index (χ0v) is 16.1. The first kappa shape index (κ1) is 17.0. The lowest BCUT2D eigenvalue weighted by molar-refractivity contribution is 0.167. The number of aryl methyl sites for hydroxylation is 1. The maximum atomic E-state index is 6.25. The predicted molar refractivity (Wildman–Crippen MR) is 103 cm³/mol. The average molecular weight is 341 g/mol. The first-order valence-electron chi connectivity index (χ1n) is 10.2. The van der Waals surface area contributed by atoms with Crippen molar-refractivity contribution in [2.45, 2.75) is 65.2 Å². The number of benzene rings is 1. The lowest BCUT2D eigenvalue weighted by atomic mass is 9.60. The number of hydrogen-bond acceptors (Lipinski definition) is 2. The molecule has 136 valence electrons. The van der Waals surface area contributed by atoms with Gasteiger partial charge in [-0.05, 0) is 73.0 Å². The Morgan fingerprint density at radius 1 is 1.24 bits per heavy atom. The molecule has 25 heavy (non-hydrogen) atoms. The van der Waals surface area contributed by atoms with Crippen LogP contribution in [0.15, 0.2) is 18.2 Å². The third kappa shape index (κ3) is 2.88. The number of allylic oxidation sites excluding steroid dienone is 2. The molecule has 0 aromatic heterocycles. The molecule has 0 amide bonds. The van der Waals surface area contributed by atoms with E-state index in [1.54, 1.807) is 12.7 Å². The highest BCUT2D eigenvalue weighted by Gasteiger charge is 2.47. The van der Waals surface area contributed by atoms with Crippen LogP contribution in [0.25, 0.3) is 5.57 Å². The summed E-state index contributed by atoms with van der Waals surface area (Å²) in [5, 5.41) is 0. The molecule has 3 aliphatic rings. The van der Waals surface area contributed by atoms with Gasteiger partial charge in [0.2, 0.25) is 0 Å². The van der Waals surface area contributed by atoms with Gasteiger partial charge in [-0.25, -0.2) is 0 Å². The molecule has 3 atom stereocenters. The minimum atomic E-state index is 0.543. The minimum absolute atomic E-state index is 0.543. The highest BCUT2D eigenvalue weighted by molar-refractivity contribution is 5.78. The molecule has 0 saturated heterocycles. The predicted octanol–water partition coefficient (Wildman–Crippen LogP) is 6.03. The Morgan fingerprint density at radius 3 is 2.92 bits per heavy atom. The van der Waals surface area contributed by atoms with Gasteiger partial charge in [0.25, 0.3) is 0 Å². The molecule has 0 N–H and O–H groups in total. The van der Waals surface area contributed by atoms with Crippen molar-refractivity contribution in [2.24, 2.45) is 17.3 Å².